The second-order valence-corrected chi connectivity index (χ2v) is 9.11. The predicted octanol–water partition coefficient (Wildman–Crippen LogP) is -0.568. The standard InChI is InChI=1S/C22H21ClN2O8/c1-6-9-7(23)4-5-8(26)11(9)16(27)12-10(6)17(28)14-15(25(2)3)18(29)13(21(24)32)20(31)22(14,33)19(12)30/h4-5,10,13-15,17,26-28,33H,1H2,2-3H3,(H2,24,32)/t10?,13?,14-,15+,17+,22+/m1/s1. The fourth-order valence-corrected chi connectivity index (χ4v) is 5.68. The third-order valence-electron chi connectivity index (χ3n) is 6.81. The number of hydrogen-bond acceptors (Lipinski definition) is 9. The molecule has 33 heavy (non-hydrogen) atoms. The number of carbonyl (C=O) groups is 4. The number of carbonyl (C=O) groups excluding carboxylic acids is 4. The van der Waals surface area contributed by atoms with E-state index in [9.17, 15) is 39.6 Å². The van der Waals surface area contributed by atoms with Crippen molar-refractivity contribution in [2.75, 3.05) is 14.1 Å². The molecule has 0 aromatic heterocycles. The summed E-state index contributed by atoms with van der Waals surface area (Å²) in [7, 11) is 2.83. The van der Waals surface area contributed by atoms with Crippen molar-refractivity contribution < 1.29 is 39.6 Å². The van der Waals surface area contributed by atoms with Gasteiger partial charge in [-0.05, 0) is 31.8 Å². The van der Waals surface area contributed by atoms with Crippen LogP contribution in [0.5, 0.6) is 5.75 Å². The number of likely N-dealkylation sites (N-methyl/N-ethyl adjacent to an activating group) is 1. The number of aromatic hydroxyl groups is 1. The SMILES string of the molecule is C=C1c2c(Cl)ccc(O)c2C(O)=C2C(=O)[C@]3(O)C(=O)C(C(N)=O)C(=O)[C@@H](N(C)C)[C@@H]3[C@@H](O)C12. The highest BCUT2D eigenvalue weighted by molar-refractivity contribution is 6.35. The highest BCUT2D eigenvalue weighted by Crippen LogP contribution is 2.55. The summed E-state index contributed by atoms with van der Waals surface area (Å²) in [6, 6.07) is 1.06. The Bertz CT molecular complexity index is 1210. The Morgan fingerprint density at radius 1 is 1.18 bits per heavy atom. The number of rotatable bonds is 2. The lowest BCUT2D eigenvalue weighted by atomic mass is 9.53. The lowest BCUT2D eigenvalue weighted by Crippen LogP contribution is -2.75. The number of fused-ring (bicyclic) bond motifs is 3. The van der Waals surface area contributed by atoms with Gasteiger partial charge in [0, 0.05) is 16.5 Å². The maximum atomic E-state index is 13.6. The summed E-state index contributed by atoms with van der Waals surface area (Å²) in [6.45, 7) is 3.88. The summed E-state index contributed by atoms with van der Waals surface area (Å²) in [4.78, 5) is 53.1. The van der Waals surface area contributed by atoms with Gasteiger partial charge in [0.25, 0.3) is 0 Å². The van der Waals surface area contributed by atoms with E-state index >= 15 is 0 Å². The van der Waals surface area contributed by atoms with Gasteiger partial charge in [0.1, 0.15) is 11.5 Å². The van der Waals surface area contributed by atoms with Crippen LogP contribution in [0, 0.1) is 17.8 Å². The van der Waals surface area contributed by atoms with Crippen LogP contribution < -0.4 is 5.73 Å². The van der Waals surface area contributed by atoms with Crippen LogP contribution in [0.3, 0.4) is 0 Å². The molecule has 1 aromatic carbocycles. The molecule has 3 aliphatic rings. The van der Waals surface area contributed by atoms with E-state index in [1.165, 1.54) is 31.1 Å². The minimum Gasteiger partial charge on any atom is -0.507 e. The third kappa shape index (κ3) is 2.72. The molecule has 11 heteroatoms. The molecule has 4 rings (SSSR count). The van der Waals surface area contributed by atoms with Crippen molar-refractivity contribution >= 4 is 46.2 Å². The van der Waals surface area contributed by atoms with Crippen LogP contribution in [0.4, 0.5) is 0 Å². The van der Waals surface area contributed by atoms with Gasteiger partial charge in [0.15, 0.2) is 23.1 Å². The monoisotopic (exact) mass is 476 g/mol. The van der Waals surface area contributed by atoms with Crippen LogP contribution in [0.15, 0.2) is 24.3 Å². The fourth-order valence-electron chi connectivity index (χ4n) is 5.40. The molecular formula is C22H21ClN2O8. The average Bonchev–Trinajstić information content (AvgIpc) is 2.72. The summed E-state index contributed by atoms with van der Waals surface area (Å²) in [5.41, 5.74) is 1.47. The molecule has 0 heterocycles. The van der Waals surface area contributed by atoms with Crippen molar-refractivity contribution in [3.05, 3.63) is 40.4 Å². The summed E-state index contributed by atoms with van der Waals surface area (Å²) >= 11 is 6.24. The molecule has 1 amide bonds. The van der Waals surface area contributed by atoms with Crippen LogP contribution in [-0.2, 0) is 19.2 Å². The predicted molar refractivity (Wildman–Crippen MR) is 115 cm³/mol. The molecule has 6 atom stereocenters. The first-order valence-corrected chi connectivity index (χ1v) is 10.3. The number of halogens is 1. The summed E-state index contributed by atoms with van der Waals surface area (Å²) in [6.07, 6.45) is -1.78. The zero-order valence-corrected chi connectivity index (χ0v) is 18.3. The quantitative estimate of drug-likeness (QED) is 0.349. The number of aliphatic hydroxyl groups excluding tert-OH is 2. The van der Waals surface area contributed by atoms with E-state index in [0.717, 1.165) is 0 Å². The second-order valence-electron chi connectivity index (χ2n) is 8.70. The van der Waals surface area contributed by atoms with Crippen molar-refractivity contribution in [1.29, 1.82) is 0 Å². The third-order valence-corrected chi connectivity index (χ3v) is 7.12. The number of hydrogen-bond donors (Lipinski definition) is 5. The molecule has 0 bridgehead atoms. The minimum atomic E-state index is -3.05. The molecule has 0 aliphatic heterocycles. The van der Waals surface area contributed by atoms with Crippen LogP contribution in [0.2, 0.25) is 5.02 Å². The fraction of sp³-hybridized carbons (Fsp3) is 0.364. The number of benzene rings is 1. The molecule has 2 saturated carbocycles. The first-order valence-electron chi connectivity index (χ1n) is 9.91. The maximum absolute atomic E-state index is 13.6. The van der Waals surface area contributed by atoms with E-state index in [2.05, 4.69) is 6.58 Å². The summed E-state index contributed by atoms with van der Waals surface area (Å²) in [5.74, 6) is -11.6. The van der Waals surface area contributed by atoms with Gasteiger partial charge in [-0.2, -0.15) is 0 Å². The zero-order chi connectivity index (χ0) is 24.7. The molecule has 2 unspecified atom stereocenters. The zero-order valence-electron chi connectivity index (χ0n) is 17.6. The minimum absolute atomic E-state index is 0.0380. The normalized spacial score (nSPS) is 33.7. The van der Waals surface area contributed by atoms with E-state index in [1.54, 1.807) is 0 Å². The van der Waals surface area contributed by atoms with Gasteiger partial charge >= 0.3 is 0 Å². The van der Waals surface area contributed by atoms with Crippen LogP contribution in [-0.4, -0.2) is 80.4 Å². The summed E-state index contributed by atoms with van der Waals surface area (Å²) < 4.78 is 0. The highest BCUT2D eigenvalue weighted by Gasteiger charge is 2.71. The molecule has 10 nitrogen and oxygen atoms in total. The second kappa shape index (κ2) is 7.22. The Balaban J connectivity index is 2.05. The van der Waals surface area contributed by atoms with E-state index in [4.69, 9.17) is 17.3 Å². The lowest BCUT2D eigenvalue weighted by Gasteiger charge is -2.53. The number of ketones is 3. The van der Waals surface area contributed by atoms with Gasteiger partial charge in [-0.25, -0.2) is 0 Å². The Hall–Kier alpha value is -3.05. The number of phenols is 1. The molecule has 174 valence electrons. The number of amides is 1. The van der Waals surface area contributed by atoms with Gasteiger partial charge in [-0.3, -0.25) is 24.1 Å². The molecule has 3 aliphatic carbocycles. The van der Waals surface area contributed by atoms with Gasteiger partial charge in [0.05, 0.1) is 29.2 Å². The van der Waals surface area contributed by atoms with Crippen molar-refractivity contribution in [2.45, 2.75) is 17.7 Å². The van der Waals surface area contributed by atoms with E-state index < -0.39 is 75.8 Å². The van der Waals surface area contributed by atoms with Crippen molar-refractivity contribution in [2.24, 2.45) is 23.5 Å². The highest BCUT2D eigenvalue weighted by atomic mass is 35.5. The molecule has 0 saturated heterocycles. The van der Waals surface area contributed by atoms with Crippen LogP contribution in [0.25, 0.3) is 11.3 Å². The van der Waals surface area contributed by atoms with E-state index in [0.29, 0.717) is 0 Å². The van der Waals surface area contributed by atoms with Gasteiger partial charge in [-0.15, -0.1) is 0 Å². The molecule has 1 aromatic rings. The number of nitrogens with zero attached hydrogens (tertiary/aromatic N) is 1. The molecule has 0 spiro atoms. The first kappa shape index (κ1) is 23.1. The van der Waals surface area contributed by atoms with Crippen molar-refractivity contribution in [1.82, 2.24) is 4.90 Å². The first-order chi connectivity index (χ1) is 15.3. The Morgan fingerprint density at radius 3 is 2.33 bits per heavy atom. The Morgan fingerprint density at radius 2 is 1.79 bits per heavy atom. The molecule has 0 radical (unpaired) electrons. The Labute approximate surface area is 192 Å². The number of Topliss-reactive ketones (excluding diaryl/α,β-unsaturated/α-hetero) is 3. The molecule has 6 N–H and O–H groups in total. The van der Waals surface area contributed by atoms with Crippen LogP contribution >= 0.6 is 11.6 Å². The van der Waals surface area contributed by atoms with Crippen molar-refractivity contribution in [3.8, 4) is 5.75 Å². The largest absolute Gasteiger partial charge is 0.507 e. The number of primary amides is 1. The van der Waals surface area contributed by atoms with E-state index in [1.807, 2.05) is 0 Å². The average molecular weight is 477 g/mol. The van der Waals surface area contributed by atoms with E-state index in [-0.39, 0.29) is 21.7 Å². The molecule has 2 fully saturated rings. The smallest absolute Gasteiger partial charge is 0.235 e. The maximum Gasteiger partial charge on any atom is 0.235 e. The van der Waals surface area contributed by atoms with Crippen LogP contribution in [0.1, 0.15) is 11.1 Å². The Kier molecular flexibility index (Phi) is 5.06. The molecular weight excluding hydrogens is 456 g/mol. The van der Waals surface area contributed by atoms with Crippen molar-refractivity contribution in [3.63, 3.8) is 0 Å². The number of phenolic OH excluding ortho intramolecular Hbond substituents is 1. The van der Waals surface area contributed by atoms with Gasteiger partial charge in [-0.1, -0.05) is 18.2 Å². The number of nitrogens with two attached hydrogens (primary N) is 1. The van der Waals surface area contributed by atoms with Gasteiger partial charge in [0.2, 0.25) is 11.7 Å². The topological polar surface area (TPSA) is 178 Å². The van der Waals surface area contributed by atoms with Gasteiger partial charge < -0.3 is 26.2 Å². The lowest BCUT2D eigenvalue weighted by molar-refractivity contribution is -0.185. The summed E-state index contributed by atoms with van der Waals surface area (Å²) in [5, 5.41) is 44.2. The number of aliphatic hydroxyl groups is 3.